The zero-order valence-corrected chi connectivity index (χ0v) is 28.6. The largest absolute Gasteiger partial charge is 0.507 e. The lowest BCUT2D eigenvalue weighted by Crippen LogP contribution is -2.17. The number of phenolic OH excluding ortho intramolecular Hbond substituents is 2. The lowest BCUT2D eigenvalue weighted by molar-refractivity contribution is 0.445. The highest BCUT2D eigenvalue weighted by molar-refractivity contribution is 6.04. The molecule has 4 nitrogen and oxygen atoms in total. The highest BCUT2D eigenvalue weighted by atomic mass is 16.3. The Bertz CT molecular complexity index is 1770. The van der Waals surface area contributed by atoms with Gasteiger partial charge in [0.15, 0.2) is 0 Å². The molecule has 44 heavy (non-hydrogen) atoms. The van der Waals surface area contributed by atoms with Crippen LogP contribution in [0.25, 0.3) is 44.3 Å². The van der Waals surface area contributed by atoms with Gasteiger partial charge in [0.05, 0.1) is 22.4 Å². The Morgan fingerprint density at radius 2 is 0.750 bits per heavy atom. The van der Waals surface area contributed by atoms with Gasteiger partial charge in [-0.3, -0.25) is 0 Å². The Balaban J connectivity index is 1.79. The molecule has 0 atom stereocenters. The van der Waals surface area contributed by atoms with E-state index in [0.717, 1.165) is 55.2 Å². The molecule has 5 rings (SSSR count). The van der Waals surface area contributed by atoms with Crippen molar-refractivity contribution in [1.29, 1.82) is 0 Å². The van der Waals surface area contributed by atoms with Crippen LogP contribution in [0.5, 0.6) is 11.5 Å². The molecule has 0 saturated heterocycles. The van der Waals surface area contributed by atoms with Crippen molar-refractivity contribution < 1.29 is 10.2 Å². The molecule has 0 bridgehead atoms. The third kappa shape index (κ3) is 5.79. The first-order chi connectivity index (χ1) is 20.2. The molecule has 5 aromatic rings. The molecule has 2 N–H and O–H groups in total. The summed E-state index contributed by atoms with van der Waals surface area (Å²) in [7, 11) is 0. The second-order valence-corrected chi connectivity index (χ2v) is 16.4. The summed E-state index contributed by atoms with van der Waals surface area (Å²) >= 11 is 0. The van der Waals surface area contributed by atoms with E-state index in [2.05, 4.69) is 132 Å². The number of aromatic hydroxyl groups is 2. The average Bonchev–Trinajstić information content (AvgIpc) is 2.90. The molecule has 0 aliphatic heterocycles. The van der Waals surface area contributed by atoms with Gasteiger partial charge in [-0.15, -0.1) is 0 Å². The third-order valence-electron chi connectivity index (χ3n) is 8.64. The molecule has 0 aliphatic carbocycles. The molecular formula is C40H48N2O2. The van der Waals surface area contributed by atoms with Gasteiger partial charge in [-0.2, -0.15) is 0 Å². The molecule has 0 radical (unpaired) electrons. The molecule has 0 amide bonds. The molecule has 0 saturated carbocycles. The van der Waals surface area contributed by atoms with Crippen LogP contribution in [-0.2, 0) is 21.7 Å². The van der Waals surface area contributed by atoms with E-state index < -0.39 is 0 Å². The number of aromatic nitrogens is 2. The first kappa shape index (κ1) is 31.5. The van der Waals surface area contributed by atoms with E-state index in [0.29, 0.717) is 11.4 Å². The second kappa shape index (κ2) is 10.3. The standard InChI is InChI=1S/C40H48N2O2/c1-37(2,3)25-19-27(35(43)29(21-25)39(7,8)9)31-17-15-23-13-14-24-16-18-32(42-34(24)33(23)41-31)28-20-26(38(4,5)6)22-30(36(28)44)40(10,11)12/h13-22,43-44H,1-12H3. The molecule has 3 aromatic carbocycles. The van der Waals surface area contributed by atoms with Crippen LogP contribution in [0.3, 0.4) is 0 Å². The van der Waals surface area contributed by atoms with Crippen molar-refractivity contribution in [2.75, 3.05) is 0 Å². The Kier molecular flexibility index (Phi) is 7.39. The summed E-state index contributed by atoms with van der Waals surface area (Å²) in [4.78, 5) is 10.3. The Morgan fingerprint density at radius 3 is 1.05 bits per heavy atom. The Labute approximate surface area is 263 Å². The summed E-state index contributed by atoms with van der Waals surface area (Å²) in [6, 6.07) is 20.6. The molecule has 0 unspecified atom stereocenters. The monoisotopic (exact) mass is 588 g/mol. The van der Waals surface area contributed by atoms with E-state index >= 15 is 0 Å². The Hall–Kier alpha value is -3.92. The number of rotatable bonds is 2. The first-order valence-electron chi connectivity index (χ1n) is 15.6. The van der Waals surface area contributed by atoms with Crippen molar-refractivity contribution >= 4 is 21.8 Å². The fraction of sp³-hybridized carbons (Fsp3) is 0.400. The van der Waals surface area contributed by atoms with Gasteiger partial charge in [0, 0.05) is 33.0 Å². The maximum absolute atomic E-state index is 11.6. The van der Waals surface area contributed by atoms with Gasteiger partial charge in [0.2, 0.25) is 0 Å². The third-order valence-corrected chi connectivity index (χ3v) is 8.64. The minimum atomic E-state index is -0.240. The van der Waals surface area contributed by atoms with E-state index in [1.54, 1.807) is 0 Å². The van der Waals surface area contributed by atoms with Crippen molar-refractivity contribution in [2.45, 2.75) is 105 Å². The van der Waals surface area contributed by atoms with E-state index in [1.165, 1.54) is 0 Å². The van der Waals surface area contributed by atoms with Gasteiger partial charge < -0.3 is 10.2 Å². The topological polar surface area (TPSA) is 66.2 Å². The second-order valence-electron chi connectivity index (χ2n) is 16.4. The van der Waals surface area contributed by atoms with Gasteiger partial charge in [0.25, 0.3) is 0 Å². The van der Waals surface area contributed by atoms with E-state index in [1.807, 2.05) is 12.1 Å². The highest BCUT2D eigenvalue weighted by Gasteiger charge is 2.28. The van der Waals surface area contributed by atoms with Crippen LogP contribution in [0.2, 0.25) is 0 Å². The average molecular weight is 589 g/mol. The number of benzene rings is 3. The van der Waals surface area contributed by atoms with Crippen molar-refractivity contribution in [3.63, 3.8) is 0 Å². The smallest absolute Gasteiger partial charge is 0.128 e. The van der Waals surface area contributed by atoms with Gasteiger partial charge >= 0.3 is 0 Å². The molecule has 230 valence electrons. The molecule has 2 heterocycles. The van der Waals surface area contributed by atoms with E-state index in [-0.39, 0.29) is 33.2 Å². The summed E-state index contributed by atoms with van der Waals surface area (Å²) in [6.45, 7) is 25.9. The predicted octanol–water partition coefficient (Wildman–Crippen LogP) is 10.7. The molecule has 0 spiro atoms. The molecular weight excluding hydrogens is 540 g/mol. The van der Waals surface area contributed by atoms with Crippen LogP contribution < -0.4 is 0 Å². The zero-order valence-electron chi connectivity index (χ0n) is 28.6. The van der Waals surface area contributed by atoms with Gasteiger partial charge in [0.1, 0.15) is 11.5 Å². The lowest BCUT2D eigenvalue weighted by Gasteiger charge is -2.27. The van der Waals surface area contributed by atoms with E-state index in [4.69, 9.17) is 9.97 Å². The van der Waals surface area contributed by atoms with Gasteiger partial charge in [-0.1, -0.05) is 119 Å². The summed E-state index contributed by atoms with van der Waals surface area (Å²) in [5.41, 5.74) is 7.83. The number of fused-ring (bicyclic) bond motifs is 3. The van der Waals surface area contributed by atoms with Crippen molar-refractivity contribution in [2.24, 2.45) is 0 Å². The normalized spacial score (nSPS) is 13.2. The number of hydrogen-bond donors (Lipinski definition) is 2. The van der Waals surface area contributed by atoms with Crippen LogP contribution in [0.4, 0.5) is 0 Å². The fourth-order valence-corrected chi connectivity index (χ4v) is 5.74. The number of nitrogens with zero attached hydrogens (tertiary/aromatic N) is 2. The first-order valence-corrected chi connectivity index (χ1v) is 15.6. The zero-order chi connectivity index (χ0) is 32.6. The number of phenols is 2. The summed E-state index contributed by atoms with van der Waals surface area (Å²) < 4.78 is 0. The van der Waals surface area contributed by atoms with Crippen LogP contribution in [-0.4, -0.2) is 20.2 Å². The van der Waals surface area contributed by atoms with Crippen LogP contribution in [0.1, 0.15) is 105 Å². The van der Waals surface area contributed by atoms with Crippen LogP contribution >= 0.6 is 0 Å². The number of pyridine rings is 2. The Morgan fingerprint density at radius 1 is 0.432 bits per heavy atom. The number of hydrogen-bond acceptors (Lipinski definition) is 4. The predicted molar refractivity (Wildman–Crippen MR) is 186 cm³/mol. The summed E-state index contributed by atoms with van der Waals surface area (Å²) in [6.07, 6.45) is 0. The lowest BCUT2D eigenvalue weighted by atomic mass is 9.78. The maximum Gasteiger partial charge on any atom is 0.128 e. The van der Waals surface area contributed by atoms with Crippen molar-refractivity contribution in [3.8, 4) is 34.0 Å². The van der Waals surface area contributed by atoms with Crippen molar-refractivity contribution in [1.82, 2.24) is 9.97 Å². The molecule has 2 aromatic heterocycles. The molecule has 4 heteroatoms. The van der Waals surface area contributed by atoms with Gasteiger partial charge in [-0.05, 0) is 57.1 Å². The quantitative estimate of drug-likeness (QED) is 0.201. The molecule has 0 aliphatic rings. The van der Waals surface area contributed by atoms with E-state index in [9.17, 15) is 10.2 Å². The highest BCUT2D eigenvalue weighted by Crippen LogP contribution is 2.44. The minimum Gasteiger partial charge on any atom is -0.507 e. The maximum atomic E-state index is 11.6. The minimum absolute atomic E-state index is 0.0993. The summed E-state index contributed by atoms with van der Waals surface area (Å²) in [5, 5.41) is 25.1. The van der Waals surface area contributed by atoms with Crippen LogP contribution in [0.15, 0.2) is 60.7 Å². The fourth-order valence-electron chi connectivity index (χ4n) is 5.74. The van der Waals surface area contributed by atoms with Crippen LogP contribution in [0, 0.1) is 0 Å². The summed E-state index contributed by atoms with van der Waals surface area (Å²) in [5.74, 6) is 0.537. The molecule has 0 fully saturated rings. The van der Waals surface area contributed by atoms with Gasteiger partial charge in [-0.25, -0.2) is 9.97 Å². The SMILES string of the molecule is CC(C)(C)c1cc(-c2ccc3ccc4ccc(-c5cc(C(C)(C)C)cc(C(C)(C)C)c5O)nc4c3n2)c(O)c(C(C)(C)C)c1. The van der Waals surface area contributed by atoms with Crippen molar-refractivity contribution in [3.05, 3.63) is 82.9 Å².